The second-order valence-corrected chi connectivity index (χ2v) is 8.40. The summed E-state index contributed by atoms with van der Waals surface area (Å²) in [5, 5.41) is 16.9. The van der Waals surface area contributed by atoms with Crippen LogP contribution in [0.2, 0.25) is 5.02 Å². The minimum Gasteiger partial charge on any atom is -0.508 e. The third-order valence-electron chi connectivity index (χ3n) is 4.76. The number of carbonyl (C=O) groups excluding carboxylic acids is 2. The van der Waals surface area contributed by atoms with Crippen LogP contribution in [-0.4, -0.2) is 39.1 Å². The molecule has 8 nitrogen and oxygen atoms in total. The molecule has 1 atom stereocenters. The summed E-state index contributed by atoms with van der Waals surface area (Å²) in [6, 6.07) is 16.1. The van der Waals surface area contributed by atoms with Crippen molar-refractivity contribution in [2.45, 2.75) is 12.6 Å². The molecular weight excluding hydrogens is 527 g/mol. The molecular formula is C25H21Cl2F2N5O3. The van der Waals surface area contributed by atoms with Crippen LogP contribution < -0.4 is 16.0 Å². The Kier molecular flexibility index (Phi) is 9.53. The molecule has 0 fully saturated rings. The van der Waals surface area contributed by atoms with Crippen molar-refractivity contribution >= 4 is 63.1 Å². The Balaban J connectivity index is 0.000000405. The molecule has 0 aliphatic rings. The molecule has 1 aromatic heterocycles. The van der Waals surface area contributed by atoms with Crippen molar-refractivity contribution in [1.82, 2.24) is 15.3 Å². The number of benzene rings is 3. The molecule has 0 spiro atoms. The van der Waals surface area contributed by atoms with Gasteiger partial charge in [-0.15, -0.1) is 0 Å². The van der Waals surface area contributed by atoms with Crippen molar-refractivity contribution in [3.63, 3.8) is 0 Å². The van der Waals surface area contributed by atoms with Crippen molar-refractivity contribution in [3.05, 3.63) is 83.4 Å². The number of anilines is 3. The molecule has 12 heteroatoms. The van der Waals surface area contributed by atoms with Gasteiger partial charge in [-0.3, -0.25) is 9.59 Å². The molecule has 4 aromatic rings. The molecule has 3 aromatic carbocycles. The second-order valence-electron chi connectivity index (χ2n) is 7.61. The summed E-state index contributed by atoms with van der Waals surface area (Å²) in [4.78, 5) is 31.3. The van der Waals surface area contributed by atoms with Crippen molar-refractivity contribution in [1.29, 1.82) is 0 Å². The predicted octanol–water partition coefficient (Wildman–Crippen LogP) is 5.46. The Labute approximate surface area is 220 Å². The third kappa shape index (κ3) is 8.26. The van der Waals surface area contributed by atoms with Gasteiger partial charge in [0.25, 0.3) is 11.5 Å². The molecule has 2 amide bonds. The van der Waals surface area contributed by atoms with E-state index in [1.165, 1.54) is 30.1 Å². The number of amides is 2. The number of fused-ring (bicyclic) bond motifs is 1. The highest BCUT2D eigenvalue weighted by molar-refractivity contribution is 6.31. The first kappa shape index (κ1) is 27.6. The lowest BCUT2D eigenvalue weighted by atomic mass is 10.2. The first-order valence-corrected chi connectivity index (χ1v) is 11.5. The second kappa shape index (κ2) is 12.8. The number of halogens is 4. The number of hydrogen-bond donors (Lipinski definition) is 4. The van der Waals surface area contributed by atoms with Crippen LogP contribution in [0.15, 0.2) is 67.0 Å². The van der Waals surface area contributed by atoms with Gasteiger partial charge >= 0.3 is 0 Å². The lowest BCUT2D eigenvalue weighted by Crippen LogP contribution is -2.36. The highest BCUT2D eigenvalue weighted by atomic mass is 35.5. The minimum atomic E-state index is -2.23. The highest BCUT2D eigenvalue weighted by Gasteiger charge is 2.14. The normalized spacial score (nSPS) is 11.2. The number of phenols is 1. The van der Waals surface area contributed by atoms with Crippen molar-refractivity contribution in [2.24, 2.45) is 0 Å². The van der Waals surface area contributed by atoms with Gasteiger partial charge in [0, 0.05) is 16.8 Å². The van der Waals surface area contributed by atoms with Crippen LogP contribution in [0.1, 0.15) is 5.56 Å². The van der Waals surface area contributed by atoms with Gasteiger partial charge in [0.1, 0.15) is 23.7 Å². The van der Waals surface area contributed by atoms with Crippen LogP contribution in [0.25, 0.3) is 10.9 Å². The predicted molar refractivity (Wildman–Crippen MR) is 139 cm³/mol. The maximum atomic E-state index is 13.3. The molecule has 192 valence electrons. The molecule has 0 saturated carbocycles. The zero-order chi connectivity index (χ0) is 26.9. The van der Waals surface area contributed by atoms with Crippen molar-refractivity contribution in [3.8, 4) is 5.75 Å². The van der Waals surface area contributed by atoms with E-state index in [0.717, 1.165) is 0 Å². The number of rotatable bonds is 6. The molecule has 1 heterocycles. The van der Waals surface area contributed by atoms with Crippen LogP contribution in [0.3, 0.4) is 0 Å². The van der Waals surface area contributed by atoms with Gasteiger partial charge in [0.05, 0.1) is 17.1 Å². The third-order valence-corrected chi connectivity index (χ3v) is 5.24. The summed E-state index contributed by atoms with van der Waals surface area (Å²) in [5.41, 5.74) is 0.436. The summed E-state index contributed by atoms with van der Waals surface area (Å²) < 4.78 is 25.9. The number of aromatic hydroxyl groups is 1. The number of phenolic OH excluding ortho intramolecular Hbond substituents is 1. The van der Waals surface area contributed by atoms with Gasteiger partial charge < -0.3 is 21.1 Å². The average Bonchev–Trinajstić information content (AvgIpc) is 2.87. The zero-order valence-corrected chi connectivity index (χ0v) is 20.8. The summed E-state index contributed by atoms with van der Waals surface area (Å²) in [5.74, 6) is -1.49. The molecule has 0 aliphatic heterocycles. The largest absolute Gasteiger partial charge is 0.508 e. The standard InChI is InChI=1S/C18H13Cl2F2N5O2.C7H8O/c19-12-6-10(1-3-13(12)21)27-17-11-5-9(2-4-14(11)24-8-25-17)26-15(28)7-23-18(29)16(20)22;1-6-2-4-7(8)5-3-6/h1-6,8,16H,7H2,(H,23,29)(H,26,28)(H,24,25,27);2-5,8H,1H3. The van der Waals surface area contributed by atoms with E-state index in [-0.39, 0.29) is 5.02 Å². The molecule has 0 bridgehead atoms. The van der Waals surface area contributed by atoms with Gasteiger partial charge in [-0.1, -0.05) is 40.9 Å². The number of nitrogens with one attached hydrogen (secondary N) is 3. The Bertz CT molecular complexity index is 1380. The maximum Gasteiger partial charge on any atom is 0.270 e. The highest BCUT2D eigenvalue weighted by Crippen LogP contribution is 2.27. The van der Waals surface area contributed by atoms with Gasteiger partial charge in [-0.05, 0) is 55.5 Å². The maximum absolute atomic E-state index is 13.3. The summed E-state index contributed by atoms with van der Waals surface area (Å²) in [6.07, 6.45) is 1.35. The fourth-order valence-corrected chi connectivity index (χ4v) is 3.20. The van der Waals surface area contributed by atoms with E-state index in [2.05, 4.69) is 25.9 Å². The summed E-state index contributed by atoms with van der Waals surface area (Å²) in [7, 11) is 0. The molecule has 37 heavy (non-hydrogen) atoms. The van der Waals surface area contributed by atoms with E-state index >= 15 is 0 Å². The number of carbonyl (C=O) groups is 2. The first-order valence-electron chi connectivity index (χ1n) is 10.7. The molecule has 4 N–H and O–H groups in total. The van der Waals surface area contributed by atoms with E-state index in [1.54, 1.807) is 30.3 Å². The lowest BCUT2D eigenvalue weighted by molar-refractivity contribution is -0.125. The van der Waals surface area contributed by atoms with Crippen LogP contribution in [0, 0.1) is 12.7 Å². The van der Waals surface area contributed by atoms with Crippen LogP contribution in [0.4, 0.5) is 26.0 Å². The topological polar surface area (TPSA) is 116 Å². The Morgan fingerprint density at radius 2 is 1.73 bits per heavy atom. The fraction of sp³-hybridized carbons (Fsp3) is 0.120. The Hall–Kier alpha value is -4.02. The Morgan fingerprint density at radius 1 is 1.03 bits per heavy atom. The van der Waals surface area contributed by atoms with Gasteiger partial charge in [-0.2, -0.15) is 0 Å². The average molecular weight is 548 g/mol. The molecule has 1 unspecified atom stereocenters. The molecule has 0 radical (unpaired) electrons. The number of nitrogens with zero attached hydrogens (tertiary/aromatic N) is 2. The van der Waals surface area contributed by atoms with E-state index in [0.29, 0.717) is 33.8 Å². The quantitative estimate of drug-likeness (QED) is 0.238. The smallest absolute Gasteiger partial charge is 0.270 e. The lowest BCUT2D eigenvalue weighted by Gasteiger charge is -2.11. The van der Waals surface area contributed by atoms with Crippen LogP contribution in [-0.2, 0) is 9.59 Å². The molecule has 0 saturated heterocycles. The van der Waals surface area contributed by atoms with E-state index in [1.807, 2.05) is 19.1 Å². The first-order chi connectivity index (χ1) is 17.6. The van der Waals surface area contributed by atoms with Crippen molar-refractivity contribution < 1.29 is 23.5 Å². The van der Waals surface area contributed by atoms with E-state index in [9.17, 15) is 18.4 Å². The zero-order valence-electron chi connectivity index (χ0n) is 19.3. The SMILES string of the molecule is Cc1ccc(O)cc1.O=C(CNC(=O)C(F)Cl)Nc1ccc2ncnc(Nc3ccc(F)c(Cl)c3)c2c1. The molecule has 4 rings (SSSR count). The molecule has 0 aliphatic carbocycles. The minimum absolute atomic E-state index is 0.0455. The van der Waals surface area contributed by atoms with Gasteiger partial charge in [-0.25, -0.2) is 18.7 Å². The number of alkyl halides is 2. The number of hydrogen-bond acceptors (Lipinski definition) is 6. The number of aryl methyl sites for hydroxylation is 1. The summed E-state index contributed by atoms with van der Waals surface area (Å²) in [6.45, 7) is 1.54. The summed E-state index contributed by atoms with van der Waals surface area (Å²) >= 11 is 10.8. The van der Waals surface area contributed by atoms with Gasteiger partial charge in [0.2, 0.25) is 5.91 Å². The number of aromatic nitrogens is 2. The van der Waals surface area contributed by atoms with Crippen LogP contribution in [0.5, 0.6) is 5.75 Å². The van der Waals surface area contributed by atoms with E-state index in [4.69, 9.17) is 28.3 Å². The van der Waals surface area contributed by atoms with Crippen LogP contribution >= 0.6 is 23.2 Å². The van der Waals surface area contributed by atoms with Gasteiger partial charge in [0.15, 0.2) is 0 Å². The monoisotopic (exact) mass is 547 g/mol. The Morgan fingerprint density at radius 3 is 2.38 bits per heavy atom. The van der Waals surface area contributed by atoms with Crippen molar-refractivity contribution in [2.75, 3.05) is 17.2 Å². The van der Waals surface area contributed by atoms with E-state index < -0.39 is 29.8 Å². The fourth-order valence-electron chi connectivity index (χ4n) is 2.94.